The molecule has 1 amide bonds. The van der Waals surface area contributed by atoms with E-state index in [1.165, 1.54) is 27.8 Å². The number of halogens is 1. The molecule has 1 aliphatic heterocycles. The average molecular weight is 582 g/mol. The Morgan fingerprint density at radius 1 is 0.925 bits per heavy atom. The van der Waals surface area contributed by atoms with Crippen LogP contribution in [0.5, 0.6) is 0 Å². The standard InChI is InChI=1S/C30H32FN3O4S2/c31-26-12-10-24(11-13-26)21-33(22-27-7-4-20-39-27)30(35)23-34(15-14-32-16-18-38-19-17-32)40(36,37)29-9-3-6-25-5-1-2-8-28(25)29/h1-13,20H,14-19,21-23H2. The zero-order valence-corrected chi connectivity index (χ0v) is 23.7. The van der Waals surface area contributed by atoms with Gasteiger partial charge in [0.15, 0.2) is 0 Å². The highest BCUT2D eigenvalue weighted by Gasteiger charge is 2.30. The number of rotatable bonds is 11. The van der Waals surface area contributed by atoms with Gasteiger partial charge in [0.25, 0.3) is 0 Å². The number of carbonyl (C=O) groups excluding carboxylic acids is 1. The Hall–Kier alpha value is -3.15. The summed E-state index contributed by atoms with van der Waals surface area (Å²) in [6, 6.07) is 22.4. The summed E-state index contributed by atoms with van der Waals surface area (Å²) in [5, 5.41) is 3.38. The Morgan fingerprint density at radius 2 is 1.68 bits per heavy atom. The average Bonchev–Trinajstić information content (AvgIpc) is 3.49. The van der Waals surface area contributed by atoms with Crippen molar-refractivity contribution in [2.75, 3.05) is 45.9 Å². The lowest BCUT2D eigenvalue weighted by molar-refractivity contribution is -0.132. The van der Waals surface area contributed by atoms with Gasteiger partial charge in [0.05, 0.1) is 31.2 Å². The summed E-state index contributed by atoms with van der Waals surface area (Å²) in [6.45, 7) is 3.55. The molecule has 1 fully saturated rings. The van der Waals surface area contributed by atoms with Gasteiger partial charge in [-0.2, -0.15) is 4.31 Å². The second kappa shape index (κ2) is 13.0. The predicted molar refractivity (Wildman–Crippen MR) is 155 cm³/mol. The van der Waals surface area contributed by atoms with Gasteiger partial charge in [-0.25, -0.2) is 12.8 Å². The molecule has 1 aromatic heterocycles. The molecule has 2 heterocycles. The Bertz CT molecular complexity index is 1520. The van der Waals surface area contributed by atoms with E-state index >= 15 is 0 Å². The monoisotopic (exact) mass is 581 g/mol. The number of benzene rings is 3. The molecule has 0 spiro atoms. The van der Waals surface area contributed by atoms with Gasteiger partial charge in [-0.3, -0.25) is 9.69 Å². The van der Waals surface area contributed by atoms with Crippen molar-refractivity contribution < 1.29 is 22.3 Å². The lowest BCUT2D eigenvalue weighted by Gasteiger charge is -2.31. The molecular formula is C30H32FN3O4S2. The first kappa shape index (κ1) is 28.4. The SMILES string of the molecule is O=C(CN(CCN1CCOCC1)S(=O)(=O)c1cccc2ccccc12)N(Cc1ccc(F)cc1)Cc1cccs1. The molecule has 0 radical (unpaired) electrons. The van der Waals surface area contributed by atoms with Crippen LogP contribution in [0.2, 0.25) is 0 Å². The van der Waals surface area contributed by atoms with Gasteiger partial charge in [-0.05, 0) is 40.6 Å². The molecule has 10 heteroatoms. The summed E-state index contributed by atoms with van der Waals surface area (Å²) in [5.74, 6) is -0.668. The second-order valence-electron chi connectivity index (χ2n) is 9.73. The first-order chi connectivity index (χ1) is 19.4. The normalized spacial score (nSPS) is 14.6. The fourth-order valence-electron chi connectivity index (χ4n) is 4.81. The van der Waals surface area contributed by atoms with Crippen molar-refractivity contribution in [1.82, 2.24) is 14.1 Å². The predicted octanol–water partition coefficient (Wildman–Crippen LogP) is 4.59. The molecule has 3 aromatic carbocycles. The highest BCUT2D eigenvalue weighted by Crippen LogP contribution is 2.26. The number of fused-ring (bicyclic) bond motifs is 1. The van der Waals surface area contributed by atoms with Gasteiger partial charge in [0.2, 0.25) is 15.9 Å². The van der Waals surface area contributed by atoms with Crippen molar-refractivity contribution in [3.05, 3.63) is 101 Å². The summed E-state index contributed by atoms with van der Waals surface area (Å²) in [4.78, 5) is 18.8. The van der Waals surface area contributed by atoms with Crippen LogP contribution in [0.15, 0.2) is 89.1 Å². The molecule has 7 nitrogen and oxygen atoms in total. The molecule has 0 bridgehead atoms. The minimum atomic E-state index is -4.02. The fraction of sp³-hybridized carbons (Fsp3) is 0.300. The van der Waals surface area contributed by atoms with Gasteiger partial charge in [-0.1, -0.05) is 54.6 Å². The molecule has 210 valence electrons. The highest BCUT2D eigenvalue weighted by molar-refractivity contribution is 7.89. The number of morpholine rings is 1. The quantitative estimate of drug-likeness (QED) is 0.259. The molecular weight excluding hydrogens is 549 g/mol. The van der Waals surface area contributed by atoms with Crippen molar-refractivity contribution >= 4 is 38.0 Å². The maximum atomic E-state index is 14.2. The number of thiophene rings is 1. The summed E-state index contributed by atoms with van der Waals surface area (Å²) < 4.78 is 48.6. The third-order valence-electron chi connectivity index (χ3n) is 7.01. The molecule has 40 heavy (non-hydrogen) atoms. The van der Waals surface area contributed by atoms with Crippen molar-refractivity contribution in [1.29, 1.82) is 0 Å². The Balaban J connectivity index is 1.44. The number of sulfonamides is 1. The van der Waals surface area contributed by atoms with Gasteiger partial charge >= 0.3 is 0 Å². The van der Waals surface area contributed by atoms with Gasteiger partial charge in [0, 0.05) is 43.0 Å². The van der Waals surface area contributed by atoms with Crippen LogP contribution in [-0.4, -0.2) is 74.4 Å². The zero-order valence-electron chi connectivity index (χ0n) is 22.1. The van der Waals surface area contributed by atoms with E-state index in [9.17, 15) is 17.6 Å². The minimum absolute atomic E-state index is 0.167. The van der Waals surface area contributed by atoms with Crippen molar-refractivity contribution in [2.24, 2.45) is 0 Å². The number of hydrogen-bond donors (Lipinski definition) is 0. The molecule has 5 rings (SSSR count). The number of hydrogen-bond acceptors (Lipinski definition) is 6. The van der Waals surface area contributed by atoms with Crippen molar-refractivity contribution in [2.45, 2.75) is 18.0 Å². The van der Waals surface area contributed by atoms with Crippen LogP contribution in [-0.2, 0) is 32.6 Å². The zero-order chi connectivity index (χ0) is 28.0. The van der Waals surface area contributed by atoms with E-state index in [-0.39, 0.29) is 36.3 Å². The number of amides is 1. The molecule has 0 saturated carbocycles. The van der Waals surface area contributed by atoms with Gasteiger partial charge < -0.3 is 9.64 Å². The lowest BCUT2D eigenvalue weighted by Crippen LogP contribution is -2.47. The van der Waals surface area contributed by atoms with E-state index in [1.807, 2.05) is 41.8 Å². The summed E-state index contributed by atoms with van der Waals surface area (Å²) in [5.41, 5.74) is 0.767. The largest absolute Gasteiger partial charge is 0.379 e. The van der Waals surface area contributed by atoms with Crippen LogP contribution in [0.1, 0.15) is 10.4 Å². The first-order valence-electron chi connectivity index (χ1n) is 13.2. The van der Waals surface area contributed by atoms with Crippen LogP contribution in [0.4, 0.5) is 4.39 Å². The number of carbonyl (C=O) groups is 1. The van der Waals surface area contributed by atoms with Crippen LogP contribution < -0.4 is 0 Å². The fourth-order valence-corrected chi connectivity index (χ4v) is 7.12. The van der Waals surface area contributed by atoms with Crippen LogP contribution in [0.3, 0.4) is 0 Å². The smallest absolute Gasteiger partial charge is 0.244 e. The minimum Gasteiger partial charge on any atom is -0.379 e. The third kappa shape index (κ3) is 6.94. The molecule has 0 unspecified atom stereocenters. The molecule has 4 aromatic rings. The summed E-state index contributed by atoms with van der Waals surface area (Å²) in [7, 11) is -4.02. The van der Waals surface area contributed by atoms with Crippen molar-refractivity contribution in [3.8, 4) is 0 Å². The number of nitrogens with zero attached hydrogens (tertiary/aromatic N) is 3. The Kier molecular flexibility index (Phi) is 9.23. The number of ether oxygens (including phenoxy) is 1. The molecule has 1 saturated heterocycles. The third-order valence-corrected chi connectivity index (χ3v) is 9.78. The maximum Gasteiger partial charge on any atom is 0.244 e. The summed E-state index contributed by atoms with van der Waals surface area (Å²) in [6.07, 6.45) is 0. The van der Waals surface area contributed by atoms with E-state index in [0.29, 0.717) is 44.8 Å². The molecule has 0 atom stereocenters. The van der Waals surface area contributed by atoms with Crippen LogP contribution >= 0.6 is 11.3 Å². The van der Waals surface area contributed by atoms with E-state index < -0.39 is 10.0 Å². The van der Waals surface area contributed by atoms with Crippen LogP contribution in [0.25, 0.3) is 10.8 Å². The van der Waals surface area contributed by atoms with E-state index in [2.05, 4.69) is 4.90 Å². The maximum absolute atomic E-state index is 14.2. The lowest BCUT2D eigenvalue weighted by atomic mass is 10.1. The van der Waals surface area contributed by atoms with Crippen molar-refractivity contribution in [3.63, 3.8) is 0 Å². The molecule has 0 N–H and O–H groups in total. The second-order valence-corrected chi connectivity index (χ2v) is 12.7. The molecule has 1 aliphatic rings. The van der Waals surface area contributed by atoms with E-state index in [1.54, 1.807) is 35.2 Å². The first-order valence-corrected chi connectivity index (χ1v) is 15.5. The Morgan fingerprint density at radius 3 is 2.42 bits per heavy atom. The highest BCUT2D eigenvalue weighted by atomic mass is 32.2. The summed E-state index contributed by atoms with van der Waals surface area (Å²) >= 11 is 1.53. The molecule has 0 aliphatic carbocycles. The van der Waals surface area contributed by atoms with E-state index in [4.69, 9.17) is 4.74 Å². The van der Waals surface area contributed by atoms with Gasteiger partial charge in [0.1, 0.15) is 5.82 Å². The van der Waals surface area contributed by atoms with E-state index in [0.717, 1.165) is 15.8 Å². The van der Waals surface area contributed by atoms with Crippen LogP contribution in [0, 0.1) is 5.82 Å². The Labute approximate surface area is 238 Å². The van der Waals surface area contributed by atoms with Gasteiger partial charge in [-0.15, -0.1) is 11.3 Å². The topological polar surface area (TPSA) is 70.2 Å².